The van der Waals surface area contributed by atoms with Crippen molar-refractivity contribution < 1.29 is 33.3 Å². The number of hydrogen-bond acceptors (Lipinski definition) is 7. The van der Waals surface area contributed by atoms with Gasteiger partial charge in [-0.2, -0.15) is 0 Å². The van der Waals surface area contributed by atoms with Gasteiger partial charge in [0.15, 0.2) is 0 Å². The van der Waals surface area contributed by atoms with Gasteiger partial charge in [0.25, 0.3) is 0 Å². The van der Waals surface area contributed by atoms with Gasteiger partial charge in [0, 0.05) is 24.9 Å². The molecule has 0 heterocycles. The van der Waals surface area contributed by atoms with Crippen LogP contribution in [0, 0.1) is 38.5 Å². The summed E-state index contributed by atoms with van der Waals surface area (Å²) in [5.74, 6) is -3.70. The number of benzene rings is 6. The van der Waals surface area contributed by atoms with Crippen LogP contribution in [0.4, 0.5) is 0 Å². The Morgan fingerprint density at radius 3 is 1.47 bits per heavy atom. The Kier molecular flexibility index (Phi) is 10.6. The van der Waals surface area contributed by atoms with Crippen molar-refractivity contribution in [2.45, 2.75) is 62.8 Å². The van der Waals surface area contributed by atoms with E-state index in [1.165, 1.54) is 0 Å². The molecule has 3 aliphatic rings. The Morgan fingerprint density at radius 2 is 0.984 bits per heavy atom. The van der Waals surface area contributed by atoms with Gasteiger partial charge in [-0.25, -0.2) is 14.4 Å². The van der Waals surface area contributed by atoms with Gasteiger partial charge < -0.3 is 18.9 Å². The van der Waals surface area contributed by atoms with Crippen molar-refractivity contribution in [2.24, 2.45) is 17.8 Å². The molecule has 0 aromatic heterocycles. The second-order valence-electron chi connectivity index (χ2n) is 17.4. The Labute approximate surface area is 363 Å². The number of ether oxygens (including phenoxy) is 4. The predicted molar refractivity (Wildman–Crippen MR) is 239 cm³/mol. The summed E-state index contributed by atoms with van der Waals surface area (Å²) in [7, 11) is 1.70. The van der Waals surface area contributed by atoms with Crippen LogP contribution in [0.3, 0.4) is 0 Å². The van der Waals surface area contributed by atoms with Gasteiger partial charge in [0.2, 0.25) is 0 Å². The number of carbonyl (C=O) groups excluding carboxylic acids is 3. The maximum Gasteiger partial charge on any atom is 0.343 e. The van der Waals surface area contributed by atoms with Crippen LogP contribution in [-0.2, 0) is 18.9 Å². The van der Waals surface area contributed by atoms with Crippen LogP contribution < -0.4 is 0 Å². The highest BCUT2D eigenvalue weighted by atomic mass is 16.6. The van der Waals surface area contributed by atoms with Crippen LogP contribution >= 0.6 is 0 Å². The first kappa shape index (κ1) is 40.8. The van der Waals surface area contributed by atoms with E-state index in [4.69, 9.17) is 18.9 Å². The molecule has 0 amide bonds. The zero-order chi connectivity index (χ0) is 43.2. The molecule has 7 heteroatoms. The molecule has 0 aliphatic heterocycles. The quantitative estimate of drug-likeness (QED) is 0.0690. The fourth-order valence-corrected chi connectivity index (χ4v) is 10.5. The second-order valence-corrected chi connectivity index (χ2v) is 17.4. The molecule has 0 bridgehead atoms. The van der Waals surface area contributed by atoms with E-state index in [2.05, 4.69) is 19.1 Å². The highest BCUT2D eigenvalue weighted by Gasteiger charge is 2.92. The van der Waals surface area contributed by atoms with Gasteiger partial charge in [0.05, 0.1) is 34.1 Å². The fourth-order valence-electron chi connectivity index (χ4n) is 10.5. The Bertz CT molecular complexity index is 2620. The molecule has 3 saturated carbocycles. The van der Waals surface area contributed by atoms with E-state index in [0.717, 1.165) is 33.4 Å². The van der Waals surface area contributed by atoms with Crippen LogP contribution in [0.25, 0.3) is 6.08 Å². The van der Waals surface area contributed by atoms with Crippen LogP contribution in [0.5, 0.6) is 0 Å². The van der Waals surface area contributed by atoms with Crippen molar-refractivity contribution in [3.05, 3.63) is 220 Å². The van der Waals surface area contributed by atoms with Gasteiger partial charge in [-0.05, 0) is 93.3 Å². The lowest BCUT2D eigenvalue weighted by molar-refractivity contribution is -0.0733. The summed E-state index contributed by atoms with van der Waals surface area (Å²) in [6, 6.07) is 51.6. The van der Waals surface area contributed by atoms with Crippen molar-refractivity contribution in [1.29, 1.82) is 0 Å². The summed E-state index contributed by atoms with van der Waals surface area (Å²) >= 11 is 0. The molecular weight excluding hydrogens is 773 g/mol. The molecule has 9 rings (SSSR count). The number of aryl methyl sites for hydroxylation is 3. The SMILES string of the molecule is CO[C@]1(C)C[C@@H]2[C@H]([C@@]3(OC(=O)c4ccc(C)cc4)[C@H](/C(=C\c4ccccc4)OC(=O)c4ccc(C)cc4)[C@@H]3c3ccccc3)[C@]2(OC(=O)c2ccc(C)cc2)[C@H]1c1ccccc1. The lowest BCUT2D eigenvalue weighted by Gasteiger charge is -2.39. The molecule has 312 valence electrons. The monoisotopic (exact) mass is 822 g/mol. The molecule has 7 nitrogen and oxygen atoms in total. The summed E-state index contributed by atoms with van der Waals surface area (Å²) in [6.07, 6.45) is 2.39. The number of hydrogen-bond donors (Lipinski definition) is 0. The van der Waals surface area contributed by atoms with Gasteiger partial charge in [-0.3, -0.25) is 0 Å². The van der Waals surface area contributed by atoms with E-state index in [-0.39, 0.29) is 5.92 Å². The van der Waals surface area contributed by atoms with Crippen LogP contribution in [0.1, 0.15) is 89.6 Å². The zero-order valence-corrected chi connectivity index (χ0v) is 35.6. The largest absolute Gasteiger partial charge is 0.454 e. The molecule has 6 aromatic rings. The predicted octanol–water partition coefficient (Wildman–Crippen LogP) is 11.3. The summed E-state index contributed by atoms with van der Waals surface area (Å²) in [6.45, 7) is 7.98. The minimum absolute atomic E-state index is 0.320. The molecule has 6 aromatic carbocycles. The topological polar surface area (TPSA) is 88.1 Å². The maximum absolute atomic E-state index is 14.9. The first-order chi connectivity index (χ1) is 30.0. The number of methoxy groups -OCH3 is 1. The van der Waals surface area contributed by atoms with E-state index in [1.807, 2.05) is 142 Å². The summed E-state index contributed by atoms with van der Waals surface area (Å²) in [4.78, 5) is 43.8. The van der Waals surface area contributed by atoms with Gasteiger partial charge in [0.1, 0.15) is 17.0 Å². The molecular formula is C55H50O7. The third-order valence-electron chi connectivity index (χ3n) is 13.5. The Morgan fingerprint density at radius 1 is 0.548 bits per heavy atom. The van der Waals surface area contributed by atoms with Crippen molar-refractivity contribution in [1.82, 2.24) is 0 Å². The molecule has 0 saturated heterocycles. The molecule has 0 unspecified atom stereocenters. The fraction of sp³-hybridized carbons (Fsp3) is 0.255. The van der Waals surface area contributed by atoms with Crippen molar-refractivity contribution >= 4 is 24.0 Å². The second kappa shape index (κ2) is 16.0. The van der Waals surface area contributed by atoms with Crippen molar-refractivity contribution in [3.63, 3.8) is 0 Å². The number of fused-ring (bicyclic) bond motifs is 1. The average Bonchev–Trinajstić information content (AvgIpc) is 4.10. The highest BCUT2D eigenvalue weighted by Crippen LogP contribution is 2.84. The number of rotatable bonds is 12. The van der Waals surface area contributed by atoms with Crippen molar-refractivity contribution in [2.75, 3.05) is 7.11 Å². The first-order valence-electron chi connectivity index (χ1n) is 21.3. The normalized spacial score (nSPS) is 27.1. The molecule has 62 heavy (non-hydrogen) atoms. The van der Waals surface area contributed by atoms with Crippen LogP contribution in [0.2, 0.25) is 0 Å². The van der Waals surface area contributed by atoms with E-state index < -0.39 is 58.4 Å². The molecule has 8 atom stereocenters. The first-order valence-corrected chi connectivity index (χ1v) is 21.3. The smallest absolute Gasteiger partial charge is 0.343 e. The van der Waals surface area contributed by atoms with E-state index in [0.29, 0.717) is 28.9 Å². The minimum atomic E-state index is -1.36. The van der Waals surface area contributed by atoms with E-state index >= 15 is 0 Å². The average molecular weight is 823 g/mol. The summed E-state index contributed by atoms with van der Waals surface area (Å²) < 4.78 is 27.2. The van der Waals surface area contributed by atoms with Crippen LogP contribution in [0.15, 0.2) is 170 Å². The Balaban J connectivity index is 1.27. The number of esters is 3. The molecule has 0 N–H and O–H groups in total. The molecule has 0 spiro atoms. The third kappa shape index (κ3) is 7.14. The van der Waals surface area contributed by atoms with Gasteiger partial charge in [-0.1, -0.05) is 144 Å². The zero-order valence-electron chi connectivity index (χ0n) is 35.6. The molecule has 3 fully saturated rings. The van der Waals surface area contributed by atoms with Crippen LogP contribution in [-0.4, -0.2) is 41.8 Å². The number of carbonyl (C=O) groups is 3. The third-order valence-corrected chi connectivity index (χ3v) is 13.5. The Hall–Kier alpha value is -6.57. The standard InChI is InChI=1S/C55H50O7/c1-35-21-27-41(28-22-35)50(56)60-45(33-38-15-9-6-10-16-38)47-46(39-17-11-7-12-18-39)55(47,62-52(58)43-31-25-37(3)26-32-43)49-44-34-53(4,59-5)48(40-19-13-8-14-20-40)54(44,49)61-51(57)42-29-23-36(2)24-30-42/h6-33,44,46-49H,34H2,1-5H3/b45-33+/t44-,46+,47-,48+,49+,53-,54-,55+/m1/s1. The van der Waals surface area contributed by atoms with E-state index in [1.54, 1.807) is 43.5 Å². The van der Waals surface area contributed by atoms with E-state index in [9.17, 15) is 14.4 Å². The highest BCUT2D eigenvalue weighted by molar-refractivity contribution is 5.92. The molecule has 3 aliphatic carbocycles. The lowest BCUT2D eigenvalue weighted by atomic mass is 9.77. The lowest BCUT2D eigenvalue weighted by Crippen LogP contribution is -2.45. The van der Waals surface area contributed by atoms with Gasteiger partial charge in [-0.15, -0.1) is 0 Å². The summed E-state index contributed by atoms with van der Waals surface area (Å²) in [5.41, 5.74) is 3.54. The summed E-state index contributed by atoms with van der Waals surface area (Å²) in [5, 5.41) is 0. The minimum Gasteiger partial charge on any atom is -0.454 e. The molecule has 0 radical (unpaired) electrons. The maximum atomic E-state index is 14.9. The van der Waals surface area contributed by atoms with Gasteiger partial charge >= 0.3 is 17.9 Å². The van der Waals surface area contributed by atoms with Crippen molar-refractivity contribution in [3.8, 4) is 0 Å².